The summed E-state index contributed by atoms with van der Waals surface area (Å²) in [5, 5.41) is 2.92. The molecular formula is C12H16N2O2S. The fourth-order valence-corrected chi connectivity index (χ4v) is 2.96. The normalized spacial score (nSPS) is 16.8. The molecule has 1 aromatic heterocycles. The summed E-state index contributed by atoms with van der Waals surface area (Å²) >= 11 is 1.91. The SMILES string of the molecule is Cc1cc(=O)c(C(=O)NC2CCSCC2)c[nH]1. The van der Waals surface area contributed by atoms with Gasteiger partial charge >= 0.3 is 0 Å². The molecule has 1 amide bonds. The molecule has 1 fully saturated rings. The molecule has 0 bridgehead atoms. The average Bonchev–Trinajstić information content (AvgIpc) is 2.30. The molecule has 2 N–H and O–H groups in total. The molecule has 2 rings (SSSR count). The molecule has 92 valence electrons. The molecule has 1 saturated heterocycles. The van der Waals surface area contributed by atoms with E-state index in [2.05, 4.69) is 10.3 Å². The van der Waals surface area contributed by atoms with Crippen molar-refractivity contribution in [3.8, 4) is 0 Å². The molecule has 1 aliphatic rings. The van der Waals surface area contributed by atoms with Gasteiger partial charge in [0.15, 0.2) is 5.43 Å². The van der Waals surface area contributed by atoms with Crippen LogP contribution in [0.5, 0.6) is 0 Å². The minimum absolute atomic E-state index is 0.203. The molecular weight excluding hydrogens is 236 g/mol. The molecule has 2 heterocycles. The van der Waals surface area contributed by atoms with E-state index >= 15 is 0 Å². The van der Waals surface area contributed by atoms with E-state index in [1.165, 1.54) is 12.3 Å². The minimum atomic E-state index is -0.261. The van der Waals surface area contributed by atoms with Gasteiger partial charge in [0.05, 0.1) is 0 Å². The van der Waals surface area contributed by atoms with Gasteiger partial charge in [0, 0.05) is 24.0 Å². The molecule has 1 aliphatic heterocycles. The number of nitrogens with one attached hydrogen (secondary N) is 2. The summed E-state index contributed by atoms with van der Waals surface area (Å²) in [5.41, 5.74) is 0.748. The van der Waals surface area contributed by atoms with E-state index in [-0.39, 0.29) is 22.9 Å². The van der Waals surface area contributed by atoms with E-state index in [1.807, 2.05) is 11.8 Å². The maximum Gasteiger partial charge on any atom is 0.256 e. The second kappa shape index (κ2) is 5.40. The number of amides is 1. The van der Waals surface area contributed by atoms with Gasteiger partial charge in [-0.1, -0.05) is 0 Å². The Kier molecular flexibility index (Phi) is 3.89. The smallest absolute Gasteiger partial charge is 0.256 e. The molecule has 0 spiro atoms. The van der Waals surface area contributed by atoms with Crippen molar-refractivity contribution in [2.75, 3.05) is 11.5 Å². The first-order valence-electron chi connectivity index (χ1n) is 5.75. The number of hydrogen-bond acceptors (Lipinski definition) is 3. The van der Waals surface area contributed by atoms with Crippen LogP contribution in [0.15, 0.2) is 17.1 Å². The lowest BCUT2D eigenvalue weighted by Crippen LogP contribution is -2.39. The molecule has 0 radical (unpaired) electrons. The van der Waals surface area contributed by atoms with Crippen LogP contribution in [0.1, 0.15) is 28.9 Å². The van der Waals surface area contributed by atoms with Crippen molar-refractivity contribution < 1.29 is 4.79 Å². The Balaban J connectivity index is 2.06. The van der Waals surface area contributed by atoms with Gasteiger partial charge in [-0.05, 0) is 31.3 Å². The minimum Gasteiger partial charge on any atom is -0.364 e. The molecule has 0 aromatic carbocycles. The van der Waals surface area contributed by atoms with Gasteiger partial charge in [-0.2, -0.15) is 11.8 Å². The van der Waals surface area contributed by atoms with Crippen LogP contribution in [0.4, 0.5) is 0 Å². The third kappa shape index (κ3) is 3.12. The molecule has 0 atom stereocenters. The van der Waals surface area contributed by atoms with Crippen molar-refractivity contribution in [3.05, 3.63) is 33.7 Å². The number of pyridine rings is 1. The van der Waals surface area contributed by atoms with Crippen LogP contribution in [-0.2, 0) is 0 Å². The van der Waals surface area contributed by atoms with Crippen molar-refractivity contribution >= 4 is 17.7 Å². The van der Waals surface area contributed by atoms with E-state index in [4.69, 9.17) is 0 Å². The second-order valence-corrected chi connectivity index (χ2v) is 5.48. The third-order valence-electron chi connectivity index (χ3n) is 2.86. The van der Waals surface area contributed by atoms with Gasteiger partial charge in [0.25, 0.3) is 5.91 Å². The number of aromatic amines is 1. The van der Waals surface area contributed by atoms with Crippen molar-refractivity contribution in [2.24, 2.45) is 0 Å². The summed E-state index contributed by atoms with van der Waals surface area (Å²) in [5.74, 6) is 1.90. The van der Waals surface area contributed by atoms with Crippen molar-refractivity contribution in [1.82, 2.24) is 10.3 Å². The molecule has 4 nitrogen and oxygen atoms in total. The predicted octanol–water partition coefficient (Wildman–Crippen LogP) is 1.31. The quantitative estimate of drug-likeness (QED) is 0.834. The standard InChI is InChI=1S/C12H16N2O2S/c1-8-6-11(15)10(7-13-8)12(16)14-9-2-4-17-5-3-9/h6-7,9H,2-5H2,1H3,(H,13,15)(H,14,16). The van der Waals surface area contributed by atoms with Crippen molar-refractivity contribution in [1.29, 1.82) is 0 Å². The highest BCUT2D eigenvalue weighted by Gasteiger charge is 2.18. The van der Waals surface area contributed by atoms with Crippen LogP contribution in [0.3, 0.4) is 0 Å². The lowest BCUT2D eigenvalue weighted by atomic mass is 10.1. The maximum absolute atomic E-state index is 11.9. The number of carbonyl (C=O) groups is 1. The zero-order chi connectivity index (χ0) is 12.3. The Labute approximate surface area is 104 Å². The molecule has 5 heteroatoms. The second-order valence-electron chi connectivity index (χ2n) is 4.25. The van der Waals surface area contributed by atoms with Gasteiger partial charge < -0.3 is 10.3 Å². The Hall–Kier alpha value is -1.23. The van der Waals surface area contributed by atoms with Crippen LogP contribution >= 0.6 is 11.8 Å². The first-order chi connectivity index (χ1) is 8.16. The number of H-pyrrole nitrogens is 1. The van der Waals surface area contributed by atoms with Gasteiger partial charge in [0.2, 0.25) is 0 Å². The van der Waals surface area contributed by atoms with Gasteiger partial charge in [-0.3, -0.25) is 9.59 Å². The molecule has 17 heavy (non-hydrogen) atoms. The highest BCUT2D eigenvalue weighted by molar-refractivity contribution is 7.99. The van der Waals surface area contributed by atoms with Crippen LogP contribution < -0.4 is 10.7 Å². The number of thioether (sulfide) groups is 1. The summed E-state index contributed by atoms with van der Waals surface area (Å²) in [4.78, 5) is 26.4. The van der Waals surface area contributed by atoms with E-state index in [0.717, 1.165) is 30.0 Å². The molecule has 0 unspecified atom stereocenters. The summed E-state index contributed by atoms with van der Waals surface area (Å²) in [6.07, 6.45) is 3.46. The highest BCUT2D eigenvalue weighted by Crippen LogP contribution is 2.16. The van der Waals surface area contributed by atoms with Gasteiger partial charge in [-0.25, -0.2) is 0 Å². The predicted molar refractivity (Wildman–Crippen MR) is 69.6 cm³/mol. The molecule has 0 saturated carbocycles. The van der Waals surface area contributed by atoms with Crippen molar-refractivity contribution in [3.63, 3.8) is 0 Å². The third-order valence-corrected chi connectivity index (χ3v) is 3.91. The Morgan fingerprint density at radius 2 is 2.18 bits per heavy atom. The lowest BCUT2D eigenvalue weighted by molar-refractivity contribution is 0.0933. The number of aromatic nitrogens is 1. The van der Waals surface area contributed by atoms with Crippen LogP contribution in [0, 0.1) is 6.92 Å². The van der Waals surface area contributed by atoms with E-state index in [1.54, 1.807) is 6.92 Å². The maximum atomic E-state index is 11.9. The van der Waals surface area contributed by atoms with E-state index < -0.39 is 0 Å². The van der Waals surface area contributed by atoms with Gasteiger partial charge in [0.1, 0.15) is 5.56 Å². The first-order valence-corrected chi connectivity index (χ1v) is 6.90. The Bertz CT molecular complexity index is 464. The van der Waals surface area contributed by atoms with E-state index in [9.17, 15) is 9.59 Å². The first kappa shape index (κ1) is 12.2. The van der Waals surface area contributed by atoms with Gasteiger partial charge in [-0.15, -0.1) is 0 Å². The topological polar surface area (TPSA) is 62.0 Å². The largest absolute Gasteiger partial charge is 0.364 e. The van der Waals surface area contributed by atoms with E-state index in [0.29, 0.717) is 0 Å². The van der Waals surface area contributed by atoms with Crippen molar-refractivity contribution in [2.45, 2.75) is 25.8 Å². The number of aryl methyl sites for hydroxylation is 1. The Morgan fingerprint density at radius 3 is 2.82 bits per heavy atom. The van der Waals surface area contributed by atoms with Crippen LogP contribution in [-0.4, -0.2) is 28.4 Å². The average molecular weight is 252 g/mol. The molecule has 0 aliphatic carbocycles. The Morgan fingerprint density at radius 1 is 1.47 bits per heavy atom. The number of carbonyl (C=O) groups excluding carboxylic acids is 1. The summed E-state index contributed by atoms with van der Waals surface area (Å²) in [6, 6.07) is 1.66. The van der Waals surface area contributed by atoms with Crippen LogP contribution in [0.25, 0.3) is 0 Å². The summed E-state index contributed by atoms with van der Waals surface area (Å²) in [7, 11) is 0. The monoisotopic (exact) mass is 252 g/mol. The lowest BCUT2D eigenvalue weighted by Gasteiger charge is -2.22. The summed E-state index contributed by atoms with van der Waals surface area (Å²) in [6.45, 7) is 1.79. The number of hydrogen-bond donors (Lipinski definition) is 2. The zero-order valence-corrected chi connectivity index (χ0v) is 10.6. The molecule has 1 aromatic rings. The fraction of sp³-hybridized carbons (Fsp3) is 0.500. The zero-order valence-electron chi connectivity index (χ0n) is 9.79. The highest BCUT2D eigenvalue weighted by atomic mass is 32.2. The van der Waals surface area contributed by atoms with Crippen LogP contribution in [0.2, 0.25) is 0 Å². The summed E-state index contributed by atoms with van der Waals surface area (Å²) < 4.78 is 0. The fourth-order valence-electron chi connectivity index (χ4n) is 1.86. The number of rotatable bonds is 2.